The van der Waals surface area contributed by atoms with Crippen molar-refractivity contribution in [2.45, 2.75) is 4.90 Å². The highest BCUT2D eigenvalue weighted by Crippen LogP contribution is 2.33. The van der Waals surface area contributed by atoms with E-state index >= 15 is 0 Å². The Bertz CT molecular complexity index is 1110. The minimum atomic E-state index is -3.70. The summed E-state index contributed by atoms with van der Waals surface area (Å²) in [6.45, 7) is 1.69. The van der Waals surface area contributed by atoms with Gasteiger partial charge in [-0.05, 0) is 30.3 Å². The molecule has 0 aliphatic carbocycles. The predicted octanol–water partition coefficient (Wildman–Crippen LogP) is 3.47. The fourth-order valence-corrected chi connectivity index (χ4v) is 5.62. The first-order chi connectivity index (χ1) is 14.0. The molecule has 152 valence electrons. The molecule has 4 rings (SSSR count). The minimum Gasteiger partial charge on any atom is -0.496 e. The Labute approximate surface area is 173 Å². The van der Waals surface area contributed by atoms with Crippen molar-refractivity contribution < 1.29 is 17.5 Å². The maximum Gasteiger partial charge on any atom is 0.243 e. The molecule has 0 atom stereocenters. The molecule has 1 aliphatic rings. The van der Waals surface area contributed by atoms with Gasteiger partial charge in [-0.25, -0.2) is 17.8 Å². The van der Waals surface area contributed by atoms with E-state index in [1.807, 2.05) is 29.6 Å². The summed E-state index contributed by atoms with van der Waals surface area (Å²) in [5.41, 5.74) is 1.75. The Kier molecular flexibility index (Phi) is 5.53. The summed E-state index contributed by atoms with van der Waals surface area (Å²) in [6, 6.07) is 12.8. The molecule has 29 heavy (non-hydrogen) atoms. The number of hydrogen-bond acceptors (Lipinski definition) is 6. The summed E-state index contributed by atoms with van der Waals surface area (Å²) in [4.78, 5) is 6.77. The summed E-state index contributed by atoms with van der Waals surface area (Å²) in [6.07, 6.45) is 0. The van der Waals surface area contributed by atoms with Crippen molar-refractivity contribution in [1.82, 2.24) is 9.29 Å². The molecule has 3 aromatic rings. The highest BCUT2D eigenvalue weighted by molar-refractivity contribution is 7.89. The van der Waals surface area contributed by atoms with Crippen molar-refractivity contribution >= 4 is 26.5 Å². The van der Waals surface area contributed by atoms with Crippen LogP contribution < -0.4 is 9.64 Å². The van der Waals surface area contributed by atoms with Gasteiger partial charge in [0.15, 0.2) is 5.13 Å². The third kappa shape index (κ3) is 3.98. The molecule has 0 amide bonds. The summed E-state index contributed by atoms with van der Waals surface area (Å²) < 4.78 is 45.8. The second-order valence-electron chi connectivity index (χ2n) is 6.56. The first kappa shape index (κ1) is 19.8. The van der Waals surface area contributed by atoms with Crippen LogP contribution in [0.4, 0.5) is 9.52 Å². The molecule has 6 nitrogen and oxygen atoms in total. The molecular formula is C20H20FN3O3S2. The van der Waals surface area contributed by atoms with Crippen LogP contribution in [0.3, 0.4) is 0 Å². The van der Waals surface area contributed by atoms with E-state index in [-0.39, 0.29) is 4.90 Å². The Hall–Kier alpha value is -2.49. The van der Waals surface area contributed by atoms with Crippen molar-refractivity contribution in [2.24, 2.45) is 0 Å². The van der Waals surface area contributed by atoms with E-state index in [4.69, 9.17) is 9.72 Å². The predicted molar refractivity (Wildman–Crippen MR) is 111 cm³/mol. The van der Waals surface area contributed by atoms with Crippen molar-refractivity contribution in [3.8, 4) is 17.0 Å². The van der Waals surface area contributed by atoms with Gasteiger partial charge in [-0.1, -0.05) is 18.2 Å². The largest absolute Gasteiger partial charge is 0.496 e. The van der Waals surface area contributed by atoms with Crippen LogP contribution in [0.2, 0.25) is 0 Å². The van der Waals surface area contributed by atoms with E-state index in [9.17, 15) is 12.8 Å². The SMILES string of the molecule is COc1ccccc1-c1csc(N2CCN(S(=O)(=O)c3cccc(F)c3)CC2)n1. The average molecular weight is 434 g/mol. The molecule has 2 heterocycles. The van der Waals surface area contributed by atoms with E-state index in [1.165, 1.54) is 33.8 Å². The van der Waals surface area contributed by atoms with E-state index in [0.717, 1.165) is 28.2 Å². The second-order valence-corrected chi connectivity index (χ2v) is 9.34. The smallest absolute Gasteiger partial charge is 0.243 e. The summed E-state index contributed by atoms with van der Waals surface area (Å²) in [5.74, 6) is 0.201. The number of piperazine rings is 1. The highest BCUT2D eigenvalue weighted by atomic mass is 32.2. The van der Waals surface area contributed by atoms with E-state index in [1.54, 1.807) is 7.11 Å². The number of methoxy groups -OCH3 is 1. The maximum atomic E-state index is 13.4. The van der Waals surface area contributed by atoms with Crippen LogP contribution in [-0.2, 0) is 10.0 Å². The van der Waals surface area contributed by atoms with Crippen molar-refractivity contribution in [1.29, 1.82) is 0 Å². The molecule has 0 N–H and O–H groups in total. The molecule has 1 saturated heterocycles. The number of aromatic nitrogens is 1. The van der Waals surface area contributed by atoms with Gasteiger partial charge < -0.3 is 9.64 Å². The van der Waals surface area contributed by atoms with E-state index in [2.05, 4.69) is 4.90 Å². The van der Waals surface area contributed by atoms with Crippen LogP contribution in [0.25, 0.3) is 11.3 Å². The number of anilines is 1. The standard InChI is InChI=1S/C20H20FN3O3S2/c1-27-19-8-3-2-7-17(19)18-14-28-20(22-18)23-9-11-24(12-10-23)29(25,26)16-6-4-5-15(21)13-16/h2-8,13-14H,9-12H2,1H3. The number of sulfonamides is 1. The third-order valence-corrected chi connectivity index (χ3v) is 7.61. The lowest BCUT2D eigenvalue weighted by atomic mass is 10.1. The van der Waals surface area contributed by atoms with Gasteiger partial charge in [-0.15, -0.1) is 11.3 Å². The molecule has 0 spiro atoms. The lowest BCUT2D eigenvalue weighted by Gasteiger charge is -2.33. The number of ether oxygens (including phenoxy) is 1. The molecule has 2 aromatic carbocycles. The van der Waals surface area contributed by atoms with Crippen LogP contribution >= 0.6 is 11.3 Å². The summed E-state index contributed by atoms with van der Waals surface area (Å²) in [5, 5.41) is 2.82. The minimum absolute atomic E-state index is 0.0151. The van der Waals surface area contributed by atoms with E-state index in [0.29, 0.717) is 26.2 Å². The molecule has 0 radical (unpaired) electrons. The highest BCUT2D eigenvalue weighted by Gasteiger charge is 2.29. The molecule has 1 fully saturated rings. The van der Waals surface area contributed by atoms with Gasteiger partial charge in [-0.3, -0.25) is 0 Å². The number of halogens is 1. The van der Waals surface area contributed by atoms with Gasteiger partial charge in [0, 0.05) is 37.1 Å². The van der Waals surface area contributed by atoms with Gasteiger partial charge in [0.1, 0.15) is 11.6 Å². The number of thiazole rings is 1. The van der Waals surface area contributed by atoms with Crippen molar-refractivity contribution in [3.05, 3.63) is 59.7 Å². The Morgan fingerprint density at radius 1 is 1.07 bits per heavy atom. The van der Waals surface area contributed by atoms with Crippen molar-refractivity contribution in [2.75, 3.05) is 38.2 Å². The van der Waals surface area contributed by atoms with Gasteiger partial charge in [-0.2, -0.15) is 4.31 Å². The zero-order valence-electron chi connectivity index (χ0n) is 15.8. The summed E-state index contributed by atoms with van der Waals surface area (Å²) in [7, 11) is -2.07. The summed E-state index contributed by atoms with van der Waals surface area (Å²) >= 11 is 1.52. The molecule has 9 heteroatoms. The normalized spacial score (nSPS) is 15.4. The zero-order valence-corrected chi connectivity index (χ0v) is 17.4. The van der Waals surface area contributed by atoms with Crippen LogP contribution in [0.1, 0.15) is 0 Å². The van der Waals surface area contributed by atoms with E-state index < -0.39 is 15.8 Å². The number of hydrogen-bond donors (Lipinski definition) is 0. The number of benzene rings is 2. The van der Waals surface area contributed by atoms with Crippen LogP contribution in [0.5, 0.6) is 5.75 Å². The van der Waals surface area contributed by atoms with Gasteiger partial charge in [0.05, 0.1) is 17.7 Å². The monoisotopic (exact) mass is 433 g/mol. The van der Waals surface area contributed by atoms with Gasteiger partial charge in [0.2, 0.25) is 10.0 Å². The quantitative estimate of drug-likeness (QED) is 0.617. The van der Waals surface area contributed by atoms with Crippen LogP contribution in [0.15, 0.2) is 58.8 Å². The van der Waals surface area contributed by atoms with Crippen molar-refractivity contribution in [3.63, 3.8) is 0 Å². The molecule has 0 unspecified atom stereocenters. The number of para-hydroxylation sites is 1. The Morgan fingerprint density at radius 2 is 1.83 bits per heavy atom. The maximum absolute atomic E-state index is 13.4. The average Bonchev–Trinajstić information content (AvgIpc) is 3.24. The van der Waals surface area contributed by atoms with Crippen LogP contribution in [0, 0.1) is 5.82 Å². The zero-order chi connectivity index (χ0) is 20.4. The lowest BCUT2D eigenvalue weighted by molar-refractivity contribution is 0.384. The van der Waals surface area contributed by atoms with Gasteiger partial charge >= 0.3 is 0 Å². The molecule has 0 bridgehead atoms. The first-order valence-electron chi connectivity index (χ1n) is 9.08. The Balaban J connectivity index is 1.47. The Morgan fingerprint density at radius 3 is 2.55 bits per heavy atom. The van der Waals surface area contributed by atoms with Gasteiger partial charge in [0.25, 0.3) is 0 Å². The number of nitrogens with zero attached hydrogens (tertiary/aromatic N) is 3. The third-order valence-electron chi connectivity index (χ3n) is 4.82. The topological polar surface area (TPSA) is 62.7 Å². The fraction of sp³-hybridized carbons (Fsp3) is 0.250. The second kappa shape index (κ2) is 8.10. The molecule has 1 aromatic heterocycles. The molecule has 1 aliphatic heterocycles. The number of rotatable bonds is 5. The van der Waals surface area contributed by atoms with Crippen LogP contribution in [-0.4, -0.2) is 51.0 Å². The molecular weight excluding hydrogens is 413 g/mol. The molecule has 0 saturated carbocycles. The first-order valence-corrected chi connectivity index (χ1v) is 11.4. The lowest BCUT2D eigenvalue weighted by Crippen LogP contribution is -2.48. The fourth-order valence-electron chi connectivity index (χ4n) is 3.29.